The number of ether oxygens (including phenoxy) is 1. The third kappa shape index (κ3) is 4.62. The van der Waals surface area contributed by atoms with Crippen LogP contribution in [0.5, 0.6) is 5.75 Å². The maximum Gasteiger partial charge on any atom is 0.307 e. The maximum absolute atomic E-state index is 11.1. The highest BCUT2D eigenvalue weighted by molar-refractivity contribution is 7.09. The molecule has 1 aliphatic carbocycles. The van der Waals surface area contributed by atoms with Crippen molar-refractivity contribution in [2.24, 2.45) is 0 Å². The highest BCUT2D eigenvalue weighted by atomic mass is 32.1. The minimum Gasteiger partial charge on any atom is -0.493 e. The molecule has 0 aliphatic heterocycles. The van der Waals surface area contributed by atoms with E-state index in [9.17, 15) is 4.79 Å². The van der Waals surface area contributed by atoms with Gasteiger partial charge in [-0.15, -0.1) is 11.3 Å². The number of nitrogens with zero attached hydrogens (tertiary/aromatic N) is 1. The summed E-state index contributed by atoms with van der Waals surface area (Å²) in [5, 5.41) is 14.7. The molecule has 4 aromatic rings. The number of benzene rings is 3. The predicted octanol–water partition coefficient (Wildman–Crippen LogP) is 6.09. The van der Waals surface area contributed by atoms with Gasteiger partial charge in [-0.05, 0) is 52.8 Å². The SMILES string of the molecule is O=C(O)Cc1ccc(C2CC2)c(OCCc2nc(-c3ccc4ccccc4c3)cs2)c1. The van der Waals surface area contributed by atoms with Crippen LogP contribution in [0.1, 0.15) is 34.9 Å². The average Bonchev–Trinajstić information content (AvgIpc) is 3.50. The van der Waals surface area contributed by atoms with Gasteiger partial charge in [-0.25, -0.2) is 4.98 Å². The quantitative estimate of drug-likeness (QED) is 0.368. The minimum absolute atomic E-state index is 0.0168. The Morgan fingerprint density at radius 1 is 1.06 bits per heavy atom. The fraction of sp³-hybridized carbons (Fsp3) is 0.231. The molecular formula is C26H23NO3S. The van der Waals surface area contributed by atoms with Crippen LogP contribution >= 0.6 is 11.3 Å². The maximum atomic E-state index is 11.1. The monoisotopic (exact) mass is 429 g/mol. The van der Waals surface area contributed by atoms with Crippen LogP contribution in [0.2, 0.25) is 0 Å². The largest absolute Gasteiger partial charge is 0.493 e. The summed E-state index contributed by atoms with van der Waals surface area (Å²) in [6.45, 7) is 0.529. The molecule has 156 valence electrons. The lowest BCUT2D eigenvalue weighted by atomic mass is 10.0. The summed E-state index contributed by atoms with van der Waals surface area (Å²) in [7, 11) is 0. The number of carboxylic acids is 1. The van der Waals surface area contributed by atoms with Crippen molar-refractivity contribution < 1.29 is 14.6 Å². The predicted molar refractivity (Wildman–Crippen MR) is 124 cm³/mol. The second-order valence-corrected chi connectivity index (χ2v) is 8.95. The van der Waals surface area contributed by atoms with Gasteiger partial charge in [0.2, 0.25) is 0 Å². The Hall–Kier alpha value is -3.18. The number of aromatic nitrogens is 1. The summed E-state index contributed by atoms with van der Waals surface area (Å²) >= 11 is 1.65. The zero-order valence-corrected chi connectivity index (χ0v) is 17.9. The molecule has 0 radical (unpaired) electrons. The van der Waals surface area contributed by atoms with Crippen molar-refractivity contribution >= 4 is 28.1 Å². The van der Waals surface area contributed by atoms with Crippen LogP contribution in [-0.2, 0) is 17.6 Å². The Labute approximate surface area is 185 Å². The second kappa shape index (κ2) is 8.52. The van der Waals surface area contributed by atoms with E-state index in [1.54, 1.807) is 11.3 Å². The summed E-state index contributed by atoms with van der Waals surface area (Å²) in [6.07, 6.45) is 3.10. The zero-order valence-electron chi connectivity index (χ0n) is 17.1. The number of hydrogen-bond acceptors (Lipinski definition) is 4. The molecule has 31 heavy (non-hydrogen) atoms. The van der Waals surface area contributed by atoms with Crippen molar-refractivity contribution in [2.75, 3.05) is 6.61 Å². The lowest BCUT2D eigenvalue weighted by molar-refractivity contribution is -0.136. The van der Waals surface area contributed by atoms with Gasteiger partial charge in [0.25, 0.3) is 0 Å². The molecule has 0 amide bonds. The van der Waals surface area contributed by atoms with Crippen LogP contribution in [0, 0.1) is 0 Å². The number of carbonyl (C=O) groups is 1. The van der Waals surface area contributed by atoms with Crippen LogP contribution in [0.25, 0.3) is 22.0 Å². The van der Waals surface area contributed by atoms with Crippen molar-refractivity contribution in [1.82, 2.24) is 4.98 Å². The summed E-state index contributed by atoms with van der Waals surface area (Å²) in [5.74, 6) is 0.551. The molecule has 5 rings (SSSR count). The first-order valence-corrected chi connectivity index (χ1v) is 11.4. The average molecular weight is 430 g/mol. The van der Waals surface area contributed by atoms with E-state index in [-0.39, 0.29) is 6.42 Å². The molecule has 0 bridgehead atoms. The Morgan fingerprint density at radius 3 is 2.71 bits per heavy atom. The molecule has 5 heteroatoms. The van der Waals surface area contributed by atoms with Crippen molar-refractivity contribution in [3.63, 3.8) is 0 Å². The number of thiazole rings is 1. The molecule has 0 spiro atoms. The van der Waals surface area contributed by atoms with Gasteiger partial charge < -0.3 is 9.84 Å². The van der Waals surface area contributed by atoms with Gasteiger partial charge in [0.15, 0.2) is 0 Å². The Kier molecular flexibility index (Phi) is 5.43. The van der Waals surface area contributed by atoms with Crippen molar-refractivity contribution in [1.29, 1.82) is 0 Å². The third-order valence-electron chi connectivity index (χ3n) is 5.62. The number of fused-ring (bicyclic) bond motifs is 1. The summed E-state index contributed by atoms with van der Waals surface area (Å²) in [4.78, 5) is 15.9. The highest BCUT2D eigenvalue weighted by Gasteiger charge is 2.27. The van der Waals surface area contributed by atoms with Gasteiger partial charge in [-0.3, -0.25) is 4.79 Å². The first kappa shape index (κ1) is 19.8. The van der Waals surface area contributed by atoms with Crippen molar-refractivity contribution in [3.05, 3.63) is 82.2 Å². The topological polar surface area (TPSA) is 59.4 Å². The lowest BCUT2D eigenvalue weighted by Gasteiger charge is -2.12. The van der Waals surface area contributed by atoms with Crippen molar-refractivity contribution in [2.45, 2.75) is 31.6 Å². The van der Waals surface area contributed by atoms with E-state index in [1.165, 1.54) is 29.2 Å². The molecular weight excluding hydrogens is 406 g/mol. The molecule has 1 fully saturated rings. The van der Waals surface area contributed by atoms with Gasteiger partial charge in [-0.2, -0.15) is 0 Å². The van der Waals surface area contributed by atoms with Gasteiger partial charge in [0.1, 0.15) is 5.75 Å². The van der Waals surface area contributed by atoms with Crippen molar-refractivity contribution in [3.8, 4) is 17.0 Å². The van der Waals surface area contributed by atoms with Crippen LogP contribution in [0.3, 0.4) is 0 Å². The Balaban J connectivity index is 1.27. The summed E-state index contributed by atoms with van der Waals surface area (Å²) in [5.41, 5.74) is 4.09. The molecule has 0 atom stereocenters. The summed E-state index contributed by atoms with van der Waals surface area (Å²) < 4.78 is 6.11. The van der Waals surface area contributed by atoms with Crippen LogP contribution in [0.4, 0.5) is 0 Å². The molecule has 4 nitrogen and oxygen atoms in total. The normalized spacial score (nSPS) is 13.4. The van der Waals surface area contributed by atoms with Crippen LogP contribution in [-0.4, -0.2) is 22.7 Å². The number of rotatable bonds is 8. The van der Waals surface area contributed by atoms with E-state index in [1.807, 2.05) is 18.2 Å². The van der Waals surface area contributed by atoms with Gasteiger partial charge in [-0.1, -0.05) is 48.5 Å². The smallest absolute Gasteiger partial charge is 0.307 e. The van der Waals surface area contributed by atoms with E-state index >= 15 is 0 Å². The highest BCUT2D eigenvalue weighted by Crippen LogP contribution is 2.44. The first-order chi connectivity index (χ1) is 15.2. The van der Waals surface area contributed by atoms with Gasteiger partial charge in [0.05, 0.1) is 23.7 Å². The fourth-order valence-corrected chi connectivity index (χ4v) is 4.66. The molecule has 1 heterocycles. The van der Waals surface area contributed by atoms with E-state index in [0.29, 0.717) is 12.5 Å². The molecule has 3 aromatic carbocycles. The molecule has 1 aliphatic rings. The standard InChI is InChI=1S/C26H23NO3S/c28-26(29)14-17-5-10-22(19-7-8-19)24(13-17)30-12-11-25-27-23(16-31-25)21-9-6-18-3-1-2-4-20(18)15-21/h1-6,9-10,13,15-16,19H,7-8,11-12,14H2,(H,28,29). The first-order valence-electron chi connectivity index (χ1n) is 10.6. The van der Waals surface area contributed by atoms with Crippen LogP contribution < -0.4 is 4.74 Å². The van der Waals surface area contributed by atoms with Crippen LogP contribution in [0.15, 0.2) is 66.0 Å². The molecule has 0 saturated heterocycles. The zero-order chi connectivity index (χ0) is 21.2. The number of carboxylic acid groups (broad SMARTS) is 1. The van der Waals surface area contributed by atoms with E-state index < -0.39 is 5.97 Å². The second-order valence-electron chi connectivity index (χ2n) is 8.00. The van der Waals surface area contributed by atoms with E-state index in [0.717, 1.165) is 34.0 Å². The fourth-order valence-electron chi connectivity index (χ4n) is 3.88. The molecule has 0 unspecified atom stereocenters. The Morgan fingerprint density at radius 2 is 1.90 bits per heavy atom. The van der Waals surface area contributed by atoms with Gasteiger partial charge in [0, 0.05) is 17.4 Å². The molecule has 1 saturated carbocycles. The number of aliphatic carboxylic acids is 1. The molecule has 1 N–H and O–H groups in total. The number of hydrogen-bond donors (Lipinski definition) is 1. The van der Waals surface area contributed by atoms with E-state index in [4.69, 9.17) is 14.8 Å². The third-order valence-corrected chi connectivity index (χ3v) is 6.53. The minimum atomic E-state index is -0.825. The van der Waals surface area contributed by atoms with Gasteiger partial charge >= 0.3 is 5.97 Å². The lowest BCUT2D eigenvalue weighted by Crippen LogP contribution is -2.05. The molecule has 1 aromatic heterocycles. The summed E-state index contributed by atoms with van der Waals surface area (Å²) in [6, 6.07) is 20.6. The Bertz CT molecular complexity index is 1240. The van der Waals surface area contributed by atoms with E-state index in [2.05, 4.69) is 47.8 Å².